The molecule has 0 aliphatic rings. The molecule has 1 nitrogen and oxygen atoms in total. The summed E-state index contributed by atoms with van der Waals surface area (Å²) in [5.74, 6) is -0.401. The van der Waals surface area contributed by atoms with Gasteiger partial charge in [0, 0.05) is 11.4 Å². The van der Waals surface area contributed by atoms with Crippen molar-refractivity contribution in [2.75, 3.05) is 0 Å². The third-order valence-corrected chi connectivity index (χ3v) is 3.60. The van der Waals surface area contributed by atoms with Crippen molar-refractivity contribution in [3.05, 3.63) is 77.2 Å². The molecule has 0 saturated carbocycles. The molecule has 0 amide bonds. The van der Waals surface area contributed by atoms with Gasteiger partial charge in [-0.15, -0.1) is 0 Å². The number of nitrogens with zero attached hydrogens (tertiary/aromatic N) is 1. The molecule has 3 heteroatoms. The number of aromatic nitrogens is 1. The lowest BCUT2D eigenvalue weighted by Gasteiger charge is -2.12. The fourth-order valence-corrected chi connectivity index (χ4v) is 2.51. The minimum absolute atomic E-state index is 0.134. The summed E-state index contributed by atoms with van der Waals surface area (Å²) in [6, 6.07) is 19.0. The first-order valence-electron chi connectivity index (χ1n) is 6.36. The summed E-state index contributed by atoms with van der Waals surface area (Å²) in [6.07, 6.45) is 0. The minimum Gasteiger partial charge on any atom is -0.314 e. The number of rotatable bonds is 2. The van der Waals surface area contributed by atoms with Gasteiger partial charge in [0.15, 0.2) is 0 Å². The van der Waals surface area contributed by atoms with Crippen molar-refractivity contribution in [2.24, 2.45) is 0 Å². The zero-order valence-corrected chi connectivity index (χ0v) is 11.7. The summed E-state index contributed by atoms with van der Waals surface area (Å²) in [5, 5.41) is 0.134. The SMILES string of the molecule is Cc1ccc(-c2ccccc2)n1-c1ccc(F)c(Cl)c1. The van der Waals surface area contributed by atoms with Crippen LogP contribution >= 0.6 is 11.6 Å². The van der Waals surface area contributed by atoms with Crippen LogP contribution in [-0.2, 0) is 0 Å². The molecular formula is C17H13ClFN. The maximum atomic E-state index is 13.3. The van der Waals surface area contributed by atoms with E-state index in [1.807, 2.05) is 31.2 Å². The monoisotopic (exact) mass is 285 g/mol. The van der Waals surface area contributed by atoms with E-state index in [0.717, 1.165) is 22.6 Å². The highest BCUT2D eigenvalue weighted by molar-refractivity contribution is 6.30. The Morgan fingerprint density at radius 3 is 2.40 bits per heavy atom. The Bertz CT molecular complexity index is 747. The van der Waals surface area contributed by atoms with Gasteiger partial charge in [-0.05, 0) is 42.8 Å². The largest absolute Gasteiger partial charge is 0.314 e. The summed E-state index contributed by atoms with van der Waals surface area (Å²) in [6.45, 7) is 2.02. The zero-order chi connectivity index (χ0) is 14.1. The summed E-state index contributed by atoms with van der Waals surface area (Å²) in [5.41, 5.74) is 4.11. The predicted octanol–water partition coefficient (Wildman–Crippen LogP) is 5.25. The molecule has 3 rings (SSSR count). The number of hydrogen-bond acceptors (Lipinski definition) is 0. The van der Waals surface area contributed by atoms with Crippen molar-refractivity contribution in [3.8, 4) is 16.9 Å². The van der Waals surface area contributed by atoms with Gasteiger partial charge in [-0.25, -0.2) is 4.39 Å². The highest BCUT2D eigenvalue weighted by atomic mass is 35.5. The fourth-order valence-electron chi connectivity index (χ4n) is 2.34. The van der Waals surface area contributed by atoms with Gasteiger partial charge in [-0.1, -0.05) is 41.9 Å². The second-order valence-corrected chi connectivity index (χ2v) is 5.07. The molecule has 0 N–H and O–H groups in total. The molecule has 0 radical (unpaired) electrons. The van der Waals surface area contributed by atoms with Gasteiger partial charge in [0.25, 0.3) is 0 Å². The summed E-state index contributed by atoms with van der Waals surface area (Å²) < 4.78 is 15.4. The molecule has 0 aliphatic carbocycles. The van der Waals surface area contributed by atoms with Crippen molar-refractivity contribution in [2.45, 2.75) is 6.92 Å². The van der Waals surface area contributed by atoms with Gasteiger partial charge < -0.3 is 4.57 Å². The number of benzene rings is 2. The van der Waals surface area contributed by atoms with E-state index >= 15 is 0 Å². The summed E-state index contributed by atoms with van der Waals surface area (Å²) in [4.78, 5) is 0. The molecule has 2 aromatic carbocycles. The molecular weight excluding hydrogens is 273 g/mol. The highest BCUT2D eigenvalue weighted by Gasteiger charge is 2.10. The number of aryl methyl sites for hydroxylation is 1. The van der Waals surface area contributed by atoms with Crippen LogP contribution in [0.4, 0.5) is 4.39 Å². The van der Waals surface area contributed by atoms with Crippen LogP contribution in [0.1, 0.15) is 5.69 Å². The van der Waals surface area contributed by atoms with Gasteiger partial charge in [0.05, 0.1) is 10.7 Å². The van der Waals surface area contributed by atoms with Crippen molar-refractivity contribution < 1.29 is 4.39 Å². The molecule has 0 saturated heterocycles. The Labute approximate surface area is 122 Å². The fraction of sp³-hybridized carbons (Fsp3) is 0.0588. The highest BCUT2D eigenvalue weighted by Crippen LogP contribution is 2.28. The average molecular weight is 286 g/mol. The van der Waals surface area contributed by atoms with Crippen LogP contribution in [0.15, 0.2) is 60.7 Å². The third-order valence-electron chi connectivity index (χ3n) is 3.31. The molecule has 0 aliphatic heterocycles. The van der Waals surface area contributed by atoms with Gasteiger partial charge in [-0.3, -0.25) is 0 Å². The molecule has 0 fully saturated rings. The summed E-state index contributed by atoms with van der Waals surface area (Å²) >= 11 is 5.89. The molecule has 3 aromatic rings. The van der Waals surface area contributed by atoms with E-state index in [-0.39, 0.29) is 5.02 Å². The summed E-state index contributed by atoms with van der Waals surface area (Å²) in [7, 11) is 0. The topological polar surface area (TPSA) is 4.93 Å². The molecule has 0 unspecified atom stereocenters. The van der Waals surface area contributed by atoms with Crippen LogP contribution < -0.4 is 0 Å². The van der Waals surface area contributed by atoms with Crippen LogP contribution in [0.25, 0.3) is 16.9 Å². The van der Waals surface area contributed by atoms with Gasteiger partial charge in [0.2, 0.25) is 0 Å². The van der Waals surface area contributed by atoms with E-state index in [0.29, 0.717) is 0 Å². The second-order valence-electron chi connectivity index (χ2n) is 4.66. The van der Waals surface area contributed by atoms with Crippen LogP contribution in [0.3, 0.4) is 0 Å². The first-order chi connectivity index (χ1) is 9.66. The van der Waals surface area contributed by atoms with E-state index in [9.17, 15) is 4.39 Å². The van der Waals surface area contributed by atoms with E-state index in [2.05, 4.69) is 22.8 Å². The Kier molecular flexibility index (Phi) is 3.33. The van der Waals surface area contributed by atoms with Crippen molar-refractivity contribution in [1.29, 1.82) is 0 Å². The average Bonchev–Trinajstić information content (AvgIpc) is 2.85. The minimum atomic E-state index is -0.401. The standard InChI is InChI=1S/C17H13ClFN/c1-12-7-10-17(13-5-3-2-4-6-13)20(12)14-8-9-16(19)15(18)11-14/h2-11H,1H3. The Morgan fingerprint density at radius 1 is 0.950 bits per heavy atom. The lowest BCUT2D eigenvalue weighted by Crippen LogP contribution is -1.99. The van der Waals surface area contributed by atoms with Gasteiger partial charge >= 0.3 is 0 Å². The van der Waals surface area contributed by atoms with E-state index in [1.165, 1.54) is 6.07 Å². The van der Waals surface area contributed by atoms with E-state index in [4.69, 9.17) is 11.6 Å². The number of halogens is 2. The van der Waals surface area contributed by atoms with Crippen molar-refractivity contribution in [1.82, 2.24) is 4.57 Å². The Balaban J connectivity index is 2.19. The van der Waals surface area contributed by atoms with E-state index < -0.39 is 5.82 Å². The zero-order valence-electron chi connectivity index (χ0n) is 11.0. The quantitative estimate of drug-likeness (QED) is 0.606. The molecule has 1 heterocycles. The Morgan fingerprint density at radius 2 is 1.70 bits per heavy atom. The molecule has 1 aromatic heterocycles. The Hall–Kier alpha value is -2.06. The van der Waals surface area contributed by atoms with Gasteiger partial charge in [0.1, 0.15) is 5.82 Å². The van der Waals surface area contributed by atoms with Crippen molar-refractivity contribution in [3.63, 3.8) is 0 Å². The molecule has 20 heavy (non-hydrogen) atoms. The maximum absolute atomic E-state index is 13.3. The molecule has 0 spiro atoms. The van der Waals surface area contributed by atoms with Crippen LogP contribution in [0, 0.1) is 12.7 Å². The maximum Gasteiger partial charge on any atom is 0.141 e. The smallest absolute Gasteiger partial charge is 0.141 e. The molecule has 0 atom stereocenters. The normalized spacial score (nSPS) is 10.8. The number of hydrogen-bond donors (Lipinski definition) is 0. The molecule has 100 valence electrons. The predicted molar refractivity (Wildman–Crippen MR) is 80.9 cm³/mol. The second kappa shape index (κ2) is 5.14. The van der Waals surface area contributed by atoms with Gasteiger partial charge in [-0.2, -0.15) is 0 Å². The lowest BCUT2D eigenvalue weighted by molar-refractivity contribution is 0.628. The first-order valence-corrected chi connectivity index (χ1v) is 6.74. The first kappa shape index (κ1) is 12.9. The van der Waals surface area contributed by atoms with Crippen LogP contribution in [0.2, 0.25) is 5.02 Å². The third kappa shape index (κ3) is 2.23. The van der Waals surface area contributed by atoms with Crippen LogP contribution in [0.5, 0.6) is 0 Å². The molecule has 0 bridgehead atoms. The van der Waals surface area contributed by atoms with E-state index in [1.54, 1.807) is 12.1 Å². The van der Waals surface area contributed by atoms with Crippen molar-refractivity contribution >= 4 is 11.6 Å². The van der Waals surface area contributed by atoms with Crippen LogP contribution in [-0.4, -0.2) is 4.57 Å². The lowest BCUT2D eigenvalue weighted by atomic mass is 10.1.